The highest BCUT2D eigenvalue weighted by molar-refractivity contribution is 5.95. The molecular formula is C16H26ClN3O2. The molecule has 0 spiro atoms. The first kappa shape index (κ1) is 20.4. The van der Waals surface area contributed by atoms with Gasteiger partial charge in [0.25, 0.3) is 0 Å². The van der Waals surface area contributed by atoms with Crippen molar-refractivity contribution < 1.29 is 9.59 Å². The van der Waals surface area contributed by atoms with E-state index >= 15 is 0 Å². The number of nitrogens with one attached hydrogen (secondary N) is 2. The molecule has 0 aliphatic rings. The van der Waals surface area contributed by atoms with Gasteiger partial charge >= 0.3 is 0 Å². The Bertz CT molecular complexity index is 516. The van der Waals surface area contributed by atoms with Crippen LogP contribution in [0.25, 0.3) is 0 Å². The molecule has 0 aromatic heterocycles. The molecule has 0 aliphatic heterocycles. The minimum Gasteiger partial charge on any atom is -0.346 e. The Morgan fingerprint density at radius 3 is 2.23 bits per heavy atom. The highest BCUT2D eigenvalue weighted by atomic mass is 35.5. The standard InChI is InChI=1S/C16H25N3O2.ClH/c1-10(2)12-5-6-14(13(7-12)11(3)4)19-16(21)9-18-15(20)8-17;/h5-7,10-11H,8-9,17H2,1-4H3,(H,18,20)(H,19,21);1H. The maximum atomic E-state index is 11.9. The average molecular weight is 328 g/mol. The fourth-order valence-corrected chi connectivity index (χ4v) is 1.98. The van der Waals surface area contributed by atoms with E-state index in [2.05, 4.69) is 44.4 Å². The number of carbonyl (C=O) groups excluding carboxylic acids is 2. The monoisotopic (exact) mass is 327 g/mol. The molecule has 1 aromatic rings. The highest BCUT2D eigenvalue weighted by Gasteiger charge is 2.12. The third-order valence-corrected chi connectivity index (χ3v) is 3.27. The number of anilines is 1. The van der Waals surface area contributed by atoms with Crippen LogP contribution in [0.4, 0.5) is 5.69 Å². The summed E-state index contributed by atoms with van der Waals surface area (Å²) in [5.74, 6) is 0.147. The lowest BCUT2D eigenvalue weighted by Crippen LogP contribution is -2.36. The van der Waals surface area contributed by atoms with Gasteiger partial charge in [-0.25, -0.2) is 0 Å². The summed E-state index contributed by atoms with van der Waals surface area (Å²) in [6, 6.07) is 6.07. The van der Waals surface area contributed by atoms with Crippen molar-refractivity contribution >= 4 is 29.9 Å². The van der Waals surface area contributed by atoms with Crippen LogP contribution in [0.15, 0.2) is 18.2 Å². The Hall–Kier alpha value is -1.59. The third kappa shape index (κ3) is 6.03. The summed E-state index contributed by atoms with van der Waals surface area (Å²) < 4.78 is 0. The Balaban J connectivity index is 0.00000441. The first-order chi connectivity index (χ1) is 9.85. The molecule has 4 N–H and O–H groups in total. The second-order valence-corrected chi connectivity index (χ2v) is 5.69. The summed E-state index contributed by atoms with van der Waals surface area (Å²) in [5, 5.41) is 5.30. The van der Waals surface area contributed by atoms with Crippen LogP contribution < -0.4 is 16.4 Å². The van der Waals surface area contributed by atoms with E-state index in [1.807, 2.05) is 12.1 Å². The molecule has 6 heteroatoms. The number of benzene rings is 1. The molecule has 1 aromatic carbocycles. The lowest BCUT2D eigenvalue weighted by Gasteiger charge is -2.17. The molecule has 0 bridgehead atoms. The zero-order valence-electron chi connectivity index (χ0n) is 13.6. The van der Waals surface area contributed by atoms with E-state index in [1.165, 1.54) is 5.56 Å². The Morgan fingerprint density at radius 2 is 1.73 bits per heavy atom. The third-order valence-electron chi connectivity index (χ3n) is 3.27. The van der Waals surface area contributed by atoms with Gasteiger partial charge in [-0.15, -0.1) is 12.4 Å². The molecule has 0 saturated carbocycles. The first-order valence-electron chi connectivity index (χ1n) is 7.25. The maximum Gasteiger partial charge on any atom is 0.243 e. The zero-order chi connectivity index (χ0) is 16.0. The lowest BCUT2D eigenvalue weighted by atomic mass is 9.94. The van der Waals surface area contributed by atoms with Gasteiger partial charge in [0.2, 0.25) is 11.8 Å². The van der Waals surface area contributed by atoms with E-state index in [9.17, 15) is 9.59 Å². The molecule has 0 radical (unpaired) electrons. The molecule has 0 atom stereocenters. The molecule has 0 heterocycles. The van der Waals surface area contributed by atoms with E-state index in [0.29, 0.717) is 11.8 Å². The van der Waals surface area contributed by atoms with Crippen LogP contribution in [0.2, 0.25) is 0 Å². The second-order valence-electron chi connectivity index (χ2n) is 5.69. The summed E-state index contributed by atoms with van der Waals surface area (Å²) in [6.45, 7) is 8.27. The Labute approximate surface area is 138 Å². The first-order valence-corrected chi connectivity index (χ1v) is 7.25. The van der Waals surface area contributed by atoms with Gasteiger partial charge in [0, 0.05) is 5.69 Å². The van der Waals surface area contributed by atoms with Crippen molar-refractivity contribution in [3.63, 3.8) is 0 Å². The van der Waals surface area contributed by atoms with Gasteiger partial charge in [-0.1, -0.05) is 39.8 Å². The molecule has 0 unspecified atom stereocenters. The maximum absolute atomic E-state index is 11.9. The summed E-state index contributed by atoms with van der Waals surface area (Å²) in [4.78, 5) is 22.9. The number of rotatable bonds is 6. The van der Waals surface area contributed by atoms with Gasteiger partial charge in [-0.05, 0) is 29.0 Å². The summed E-state index contributed by atoms with van der Waals surface area (Å²) in [7, 11) is 0. The van der Waals surface area contributed by atoms with E-state index in [-0.39, 0.29) is 37.3 Å². The van der Waals surface area contributed by atoms with Crippen molar-refractivity contribution in [3.05, 3.63) is 29.3 Å². The van der Waals surface area contributed by atoms with Gasteiger partial charge in [0.1, 0.15) is 0 Å². The molecule has 0 saturated heterocycles. The number of halogens is 1. The lowest BCUT2D eigenvalue weighted by molar-refractivity contribution is -0.123. The predicted octanol–water partition coefficient (Wildman–Crippen LogP) is 2.37. The minimum absolute atomic E-state index is 0. The number of carbonyl (C=O) groups is 2. The quantitative estimate of drug-likeness (QED) is 0.750. The van der Waals surface area contributed by atoms with Crippen molar-refractivity contribution in [1.29, 1.82) is 0 Å². The van der Waals surface area contributed by atoms with Crippen LogP contribution in [0.1, 0.15) is 50.7 Å². The molecule has 0 aliphatic carbocycles. The topological polar surface area (TPSA) is 84.2 Å². The second kappa shape index (κ2) is 9.43. The van der Waals surface area contributed by atoms with Crippen molar-refractivity contribution in [3.8, 4) is 0 Å². The fourth-order valence-electron chi connectivity index (χ4n) is 1.98. The molecule has 0 fully saturated rings. The van der Waals surface area contributed by atoms with Gasteiger partial charge in [-0.3, -0.25) is 9.59 Å². The Kier molecular flexibility index (Phi) is 8.75. The predicted molar refractivity (Wildman–Crippen MR) is 92.6 cm³/mol. The zero-order valence-corrected chi connectivity index (χ0v) is 14.4. The van der Waals surface area contributed by atoms with Crippen LogP contribution in [-0.4, -0.2) is 24.9 Å². The number of hydrogen-bond donors (Lipinski definition) is 3. The van der Waals surface area contributed by atoms with E-state index < -0.39 is 0 Å². The van der Waals surface area contributed by atoms with Crippen molar-refractivity contribution in [2.24, 2.45) is 5.73 Å². The van der Waals surface area contributed by atoms with Crippen LogP contribution in [0.3, 0.4) is 0 Å². The van der Waals surface area contributed by atoms with Crippen LogP contribution in [-0.2, 0) is 9.59 Å². The van der Waals surface area contributed by atoms with Gasteiger partial charge in [0.05, 0.1) is 13.1 Å². The van der Waals surface area contributed by atoms with E-state index in [1.54, 1.807) is 0 Å². The fraction of sp³-hybridized carbons (Fsp3) is 0.500. The molecule has 22 heavy (non-hydrogen) atoms. The normalized spacial score (nSPS) is 10.3. The van der Waals surface area contributed by atoms with Crippen LogP contribution in [0, 0.1) is 0 Å². The van der Waals surface area contributed by atoms with Gasteiger partial charge in [0.15, 0.2) is 0 Å². The highest BCUT2D eigenvalue weighted by Crippen LogP contribution is 2.28. The number of nitrogens with two attached hydrogens (primary N) is 1. The largest absolute Gasteiger partial charge is 0.346 e. The van der Waals surface area contributed by atoms with Crippen molar-refractivity contribution in [2.45, 2.75) is 39.5 Å². The van der Waals surface area contributed by atoms with E-state index in [4.69, 9.17) is 5.73 Å². The average Bonchev–Trinajstić information content (AvgIpc) is 2.44. The molecule has 2 amide bonds. The smallest absolute Gasteiger partial charge is 0.243 e. The van der Waals surface area contributed by atoms with Crippen LogP contribution >= 0.6 is 12.4 Å². The van der Waals surface area contributed by atoms with Crippen LogP contribution in [0.5, 0.6) is 0 Å². The molecule has 124 valence electrons. The van der Waals surface area contributed by atoms with Gasteiger partial charge in [-0.2, -0.15) is 0 Å². The summed E-state index contributed by atoms with van der Waals surface area (Å²) >= 11 is 0. The molecule has 1 rings (SSSR count). The Morgan fingerprint density at radius 1 is 1.09 bits per heavy atom. The van der Waals surface area contributed by atoms with E-state index in [0.717, 1.165) is 11.3 Å². The molecular weight excluding hydrogens is 302 g/mol. The SMILES string of the molecule is CC(C)c1ccc(NC(=O)CNC(=O)CN)c(C(C)C)c1.Cl. The van der Waals surface area contributed by atoms with Crippen molar-refractivity contribution in [1.82, 2.24) is 5.32 Å². The number of amides is 2. The molecule has 5 nitrogen and oxygen atoms in total. The van der Waals surface area contributed by atoms with Crippen molar-refractivity contribution in [2.75, 3.05) is 18.4 Å². The summed E-state index contributed by atoms with van der Waals surface area (Å²) in [6.07, 6.45) is 0. The van der Waals surface area contributed by atoms with Gasteiger partial charge < -0.3 is 16.4 Å². The summed E-state index contributed by atoms with van der Waals surface area (Å²) in [5.41, 5.74) is 8.31. The number of hydrogen-bond acceptors (Lipinski definition) is 3. The minimum atomic E-state index is -0.343.